The third kappa shape index (κ3) is 4.19. The van der Waals surface area contributed by atoms with E-state index < -0.39 is 10.0 Å². The van der Waals surface area contributed by atoms with Crippen molar-refractivity contribution in [3.63, 3.8) is 0 Å². The number of methoxy groups -OCH3 is 1. The number of nitrogens with zero attached hydrogens (tertiary/aromatic N) is 3. The average Bonchev–Trinajstić information content (AvgIpc) is 3.45. The summed E-state index contributed by atoms with van der Waals surface area (Å²) in [5.74, 6) is 1.45. The fourth-order valence-corrected chi connectivity index (χ4v) is 6.67. The van der Waals surface area contributed by atoms with Crippen LogP contribution in [0.4, 0.5) is 5.69 Å². The van der Waals surface area contributed by atoms with Crippen LogP contribution in [0.25, 0.3) is 0 Å². The summed E-state index contributed by atoms with van der Waals surface area (Å²) in [6.07, 6.45) is 2.46. The van der Waals surface area contributed by atoms with E-state index in [0.29, 0.717) is 42.4 Å². The van der Waals surface area contributed by atoms with Crippen molar-refractivity contribution in [1.82, 2.24) is 9.21 Å². The number of benzene rings is 2. The normalized spacial score (nSPS) is 20.0. The number of ether oxygens (including phenoxy) is 3. The molecule has 0 unspecified atom stereocenters. The second-order valence-corrected chi connectivity index (χ2v) is 11.1. The summed E-state index contributed by atoms with van der Waals surface area (Å²) in [6.45, 7) is 3.02. The lowest BCUT2D eigenvalue weighted by Gasteiger charge is -2.38. The lowest BCUT2D eigenvalue weighted by molar-refractivity contribution is -0.385. The fraction of sp³-hybridized carbons (Fsp3) is 0.478. The molecule has 0 bridgehead atoms. The van der Waals surface area contributed by atoms with Crippen LogP contribution in [0.2, 0.25) is 0 Å². The predicted molar refractivity (Wildman–Crippen MR) is 123 cm³/mol. The maximum absolute atomic E-state index is 13.1. The Labute approximate surface area is 198 Å². The molecule has 0 aliphatic carbocycles. The van der Waals surface area contributed by atoms with Crippen LogP contribution in [-0.2, 0) is 16.6 Å². The second-order valence-electron chi connectivity index (χ2n) is 9.14. The van der Waals surface area contributed by atoms with Gasteiger partial charge in [0.25, 0.3) is 5.69 Å². The van der Waals surface area contributed by atoms with Gasteiger partial charge in [0.05, 0.1) is 23.0 Å². The number of nitro groups is 1. The first-order chi connectivity index (χ1) is 16.3. The van der Waals surface area contributed by atoms with Crippen molar-refractivity contribution in [2.75, 3.05) is 40.1 Å². The number of fused-ring (bicyclic) bond motifs is 1. The zero-order chi connectivity index (χ0) is 23.9. The fourth-order valence-electron chi connectivity index (χ4n) is 5.19. The maximum atomic E-state index is 13.1. The second kappa shape index (κ2) is 8.71. The first-order valence-electron chi connectivity index (χ1n) is 11.2. The molecule has 0 atom stereocenters. The Morgan fingerprint density at radius 2 is 1.79 bits per heavy atom. The van der Waals surface area contributed by atoms with Crippen LogP contribution in [0, 0.1) is 15.5 Å². The molecular weight excluding hydrogens is 462 g/mol. The minimum atomic E-state index is -3.58. The number of rotatable bonds is 6. The number of sulfonamides is 1. The minimum absolute atomic E-state index is 0.0194. The lowest BCUT2D eigenvalue weighted by atomic mass is 9.78. The van der Waals surface area contributed by atoms with E-state index in [4.69, 9.17) is 14.2 Å². The molecule has 3 heterocycles. The Bertz CT molecular complexity index is 1210. The molecule has 34 heavy (non-hydrogen) atoms. The maximum Gasteiger partial charge on any atom is 0.277 e. The van der Waals surface area contributed by atoms with Crippen LogP contribution in [0.3, 0.4) is 0 Å². The van der Waals surface area contributed by atoms with Crippen molar-refractivity contribution in [2.24, 2.45) is 5.41 Å². The molecular formula is C23H27N3O7S. The smallest absolute Gasteiger partial charge is 0.277 e. The molecule has 3 aliphatic heterocycles. The minimum Gasteiger partial charge on any atom is -0.497 e. The van der Waals surface area contributed by atoms with E-state index in [-0.39, 0.29) is 27.7 Å². The van der Waals surface area contributed by atoms with Gasteiger partial charge in [0.15, 0.2) is 11.5 Å². The SMILES string of the molecule is COc1cccc(S(=O)(=O)N2CCC3(CCN(Cc4cc5c(cc4[N+](=O)[O-])OCO5)C3)CC2)c1. The highest BCUT2D eigenvalue weighted by atomic mass is 32.2. The predicted octanol–water partition coefficient (Wildman–Crippen LogP) is 3.01. The monoisotopic (exact) mass is 489 g/mol. The molecule has 10 nitrogen and oxygen atoms in total. The van der Waals surface area contributed by atoms with Gasteiger partial charge in [0.1, 0.15) is 5.75 Å². The molecule has 2 aromatic rings. The van der Waals surface area contributed by atoms with E-state index in [2.05, 4.69) is 4.90 Å². The Hall–Kier alpha value is -2.89. The van der Waals surface area contributed by atoms with Gasteiger partial charge in [-0.15, -0.1) is 0 Å². The van der Waals surface area contributed by atoms with Crippen molar-refractivity contribution in [3.8, 4) is 17.2 Å². The third-order valence-electron chi connectivity index (χ3n) is 7.14. The number of likely N-dealkylation sites (tertiary alicyclic amines) is 1. The first-order valence-corrected chi connectivity index (χ1v) is 12.7. The van der Waals surface area contributed by atoms with Gasteiger partial charge in [-0.05, 0) is 49.4 Å². The van der Waals surface area contributed by atoms with E-state index >= 15 is 0 Å². The zero-order valence-electron chi connectivity index (χ0n) is 18.9. The van der Waals surface area contributed by atoms with E-state index in [1.165, 1.54) is 13.2 Å². The Morgan fingerprint density at radius 3 is 2.50 bits per heavy atom. The Balaban J connectivity index is 1.25. The quantitative estimate of drug-likeness (QED) is 0.450. The van der Waals surface area contributed by atoms with Crippen molar-refractivity contribution in [1.29, 1.82) is 0 Å². The number of hydrogen-bond acceptors (Lipinski definition) is 8. The molecule has 0 amide bonds. The van der Waals surface area contributed by atoms with Gasteiger partial charge in [0, 0.05) is 37.8 Å². The van der Waals surface area contributed by atoms with Crippen LogP contribution in [0.1, 0.15) is 24.8 Å². The van der Waals surface area contributed by atoms with Gasteiger partial charge >= 0.3 is 0 Å². The van der Waals surface area contributed by atoms with Crippen molar-refractivity contribution in [2.45, 2.75) is 30.7 Å². The molecule has 2 saturated heterocycles. The van der Waals surface area contributed by atoms with Crippen molar-refractivity contribution < 1.29 is 27.6 Å². The van der Waals surface area contributed by atoms with Crippen LogP contribution in [0.15, 0.2) is 41.3 Å². The van der Waals surface area contributed by atoms with Crippen LogP contribution >= 0.6 is 0 Å². The standard InChI is InChI=1S/C23H27N3O7S/c1-31-18-3-2-4-19(12-18)34(29,30)25-9-6-23(7-10-25)5-8-24(15-23)14-17-11-21-22(33-16-32-21)13-20(17)26(27)28/h2-4,11-13H,5-10,14-16H2,1H3. The van der Waals surface area contributed by atoms with E-state index in [0.717, 1.165) is 32.4 Å². The van der Waals surface area contributed by atoms with Gasteiger partial charge in [0.2, 0.25) is 16.8 Å². The van der Waals surface area contributed by atoms with Crippen molar-refractivity contribution in [3.05, 3.63) is 52.1 Å². The highest BCUT2D eigenvalue weighted by Crippen LogP contribution is 2.43. The topological polar surface area (TPSA) is 111 Å². The molecule has 0 aromatic heterocycles. The summed E-state index contributed by atoms with van der Waals surface area (Å²) in [7, 11) is -2.07. The van der Waals surface area contributed by atoms with Gasteiger partial charge in [-0.3, -0.25) is 15.0 Å². The molecule has 1 spiro atoms. The van der Waals surface area contributed by atoms with Gasteiger partial charge in [-0.25, -0.2) is 8.42 Å². The highest BCUT2D eigenvalue weighted by Gasteiger charge is 2.43. The molecule has 2 aromatic carbocycles. The van der Waals surface area contributed by atoms with E-state index in [9.17, 15) is 18.5 Å². The summed E-state index contributed by atoms with van der Waals surface area (Å²) >= 11 is 0. The highest BCUT2D eigenvalue weighted by molar-refractivity contribution is 7.89. The number of nitro benzene ring substituents is 1. The van der Waals surface area contributed by atoms with Gasteiger partial charge in [-0.2, -0.15) is 4.31 Å². The summed E-state index contributed by atoms with van der Waals surface area (Å²) in [5, 5.41) is 11.6. The summed E-state index contributed by atoms with van der Waals surface area (Å²) in [5.41, 5.74) is 0.652. The molecule has 182 valence electrons. The zero-order valence-corrected chi connectivity index (χ0v) is 19.8. The summed E-state index contributed by atoms with van der Waals surface area (Å²) in [6, 6.07) is 9.69. The molecule has 0 radical (unpaired) electrons. The molecule has 3 aliphatic rings. The average molecular weight is 490 g/mol. The third-order valence-corrected chi connectivity index (χ3v) is 9.04. The largest absolute Gasteiger partial charge is 0.497 e. The molecule has 0 N–H and O–H groups in total. The van der Waals surface area contributed by atoms with E-state index in [1.807, 2.05) is 0 Å². The Morgan fingerprint density at radius 1 is 1.09 bits per heavy atom. The molecule has 2 fully saturated rings. The Kier molecular flexibility index (Phi) is 5.86. The summed E-state index contributed by atoms with van der Waals surface area (Å²) in [4.78, 5) is 13.7. The molecule has 5 rings (SSSR count). The lowest BCUT2D eigenvalue weighted by Crippen LogP contribution is -2.44. The number of hydrogen-bond donors (Lipinski definition) is 0. The first kappa shape index (κ1) is 22.9. The van der Waals surface area contributed by atoms with Crippen LogP contribution in [0.5, 0.6) is 17.2 Å². The van der Waals surface area contributed by atoms with Crippen LogP contribution < -0.4 is 14.2 Å². The van der Waals surface area contributed by atoms with Crippen molar-refractivity contribution >= 4 is 15.7 Å². The molecule has 11 heteroatoms. The van der Waals surface area contributed by atoms with Gasteiger partial charge in [-0.1, -0.05) is 6.07 Å². The van der Waals surface area contributed by atoms with Gasteiger partial charge < -0.3 is 14.2 Å². The molecule has 0 saturated carbocycles. The summed E-state index contributed by atoms with van der Waals surface area (Å²) < 4.78 is 43.7. The van der Waals surface area contributed by atoms with E-state index in [1.54, 1.807) is 34.6 Å². The number of piperidine rings is 1. The van der Waals surface area contributed by atoms with Crippen LogP contribution in [-0.4, -0.2) is 62.6 Å².